The van der Waals surface area contributed by atoms with E-state index >= 15 is 4.39 Å². The molecular formula is C34H37FO6. The Labute approximate surface area is 241 Å². The van der Waals surface area contributed by atoms with Crippen molar-refractivity contribution in [3.8, 4) is 5.75 Å². The molecule has 0 heterocycles. The van der Waals surface area contributed by atoms with Gasteiger partial charge in [0.05, 0.1) is 19.8 Å². The molecule has 0 N–H and O–H groups in total. The van der Waals surface area contributed by atoms with Crippen LogP contribution in [0.5, 0.6) is 5.75 Å². The molecule has 0 saturated heterocycles. The van der Waals surface area contributed by atoms with Crippen LogP contribution in [0.15, 0.2) is 114 Å². The lowest BCUT2D eigenvalue weighted by molar-refractivity contribution is -0.138. The molecule has 0 saturated carbocycles. The lowest BCUT2D eigenvalue weighted by Gasteiger charge is -2.09. The van der Waals surface area contributed by atoms with E-state index in [1.807, 2.05) is 43.3 Å². The molecule has 2 aliphatic rings. The Balaban J connectivity index is 1.60. The fourth-order valence-electron chi connectivity index (χ4n) is 3.91. The molecule has 7 heteroatoms. The number of hydrogen-bond donors (Lipinski definition) is 0. The summed E-state index contributed by atoms with van der Waals surface area (Å²) in [4.78, 5) is 23.6. The Morgan fingerprint density at radius 3 is 2.59 bits per heavy atom. The average molecular weight is 561 g/mol. The van der Waals surface area contributed by atoms with E-state index in [0.717, 1.165) is 29.4 Å². The summed E-state index contributed by atoms with van der Waals surface area (Å²) in [6, 6.07) is 7.46. The molecule has 0 unspecified atom stereocenters. The molecule has 0 spiro atoms. The van der Waals surface area contributed by atoms with Crippen LogP contribution in [0.3, 0.4) is 0 Å². The van der Waals surface area contributed by atoms with Gasteiger partial charge >= 0.3 is 11.9 Å². The second kappa shape index (κ2) is 17.3. The molecule has 0 radical (unpaired) electrons. The molecule has 0 atom stereocenters. The first-order valence-corrected chi connectivity index (χ1v) is 13.9. The number of allylic oxidation sites excluding steroid dienone is 10. The normalized spacial score (nSPS) is 19.3. The maximum absolute atomic E-state index is 15.1. The minimum atomic E-state index is -0.511. The highest BCUT2D eigenvalue weighted by Gasteiger charge is 2.13. The topological polar surface area (TPSA) is 71.1 Å². The van der Waals surface area contributed by atoms with Crippen molar-refractivity contribution in [1.82, 2.24) is 0 Å². The molecule has 0 amide bonds. The minimum Gasteiger partial charge on any atom is -0.494 e. The van der Waals surface area contributed by atoms with Crippen LogP contribution in [0.1, 0.15) is 51.0 Å². The van der Waals surface area contributed by atoms with Crippen LogP contribution in [-0.2, 0) is 23.8 Å². The maximum Gasteiger partial charge on any atom is 0.336 e. The van der Waals surface area contributed by atoms with Crippen LogP contribution in [0.2, 0.25) is 0 Å². The number of carbonyl (C=O) groups is 2. The Morgan fingerprint density at radius 2 is 1.80 bits per heavy atom. The SMILES string of the molecule is C=CC(=O)OCCCOC1=C/CCC/C(F)=C(C2=CC=C(OC(=O)/C=C/c3ccc(OCCC)cc3)C=CC2)/C=C\1. The third-order valence-electron chi connectivity index (χ3n) is 6.02. The van der Waals surface area contributed by atoms with Gasteiger partial charge in [-0.15, -0.1) is 0 Å². The van der Waals surface area contributed by atoms with Crippen LogP contribution in [-0.4, -0.2) is 31.8 Å². The van der Waals surface area contributed by atoms with Crippen LogP contribution in [0.4, 0.5) is 4.39 Å². The number of ether oxygens (including phenoxy) is 4. The van der Waals surface area contributed by atoms with Gasteiger partial charge in [-0.3, -0.25) is 0 Å². The van der Waals surface area contributed by atoms with Crippen molar-refractivity contribution in [1.29, 1.82) is 0 Å². The molecule has 216 valence electrons. The second-order valence-electron chi connectivity index (χ2n) is 9.26. The van der Waals surface area contributed by atoms with Gasteiger partial charge in [-0.1, -0.05) is 37.8 Å². The van der Waals surface area contributed by atoms with Gasteiger partial charge in [-0.2, -0.15) is 0 Å². The second-order valence-corrected chi connectivity index (χ2v) is 9.26. The van der Waals surface area contributed by atoms with Gasteiger partial charge in [0.25, 0.3) is 0 Å². The van der Waals surface area contributed by atoms with E-state index in [1.165, 1.54) is 6.08 Å². The highest BCUT2D eigenvalue weighted by atomic mass is 19.1. The molecule has 41 heavy (non-hydrogen) atoms. The monoisotopic (exact) mass is 560 g/mol. The van der Waals surface area contributed by atoms with Crippen LogP contribution >= 0.6 is 0 Å². The molecule has 3 rings (SSSR count). The number of benzene rings is 1. The first kappa shape index (κ1) is 31.1. The summed E-state index contributed by atoms with van der Waals surface area (Å²) in [5.74, 6) is 0.611. The molecule has 2 aliphatic carbocycles. The predicted octanol–water partition coefficient (Wildman–Crippen LogP) is 7.79. The van der Waals surface area contributed by atoms with Crippen molar-refractivity contribution in [2.75, 3.05) is 19.8 Å². The Hall–Kier alpha value is -4.39. The summed E-state index contributed by atoms with van der Waals surface area (Å²) < 4.78 is 37.0. The van der Waals surface area contributed by atoms with Crippen molar-refractivity contribution in [2.24, 2.45) is 0 Å². The van der Waals surface area contributed by atoms with Gasteiger partial charge in [0.2, 0.25) is 0 Å². The van der Waals surface area contributed by atoms with Gasteiger partial charge in [0.1, 0.15) is 23.1 Å². The average Bonchev–Trinajstić information content (AvgIpc) is 3.17. The highest BCUT2D eigenvalue weighted by Crippen LogP contribution is 2.28. The van der Waals surface area contributed by atoms with E-state index in [1.54, 1.807) is 36.5 Å². The Bertz CT molecular complexity index is 1270. The first-order chi connectivity index (χ1) is 20.0. The van der Waals surface area contributed by atoms with Gasteiger partial charge in [0, 0.05) is 30.6 Å². The fourth-order valence-corrected chi connectivity index (χ4v) is 3.91. The zero-order chi connectivity index (χ0) is 29.3. The molecule has 0 aliphatic heterocycles. The molecule has 6 nitrogen and oxygen atoms in total. The van der Waals surface area contributed by atoms with Crippen molar-refractivity contribution < 1.29 is 32.9 Å². The summed E-state index contributed by atoms with van der Waals surface area (Å²) in [5.41, 5.74) is 2.10. The zero-order valence-corrected chi connectivity index (χ0v) is 23.5. The minimum absolute atomic E-state index is 0.199. The van der Waals surface area contributed by atoms with Gasteiger partial charge < -0.3 is 18.9 Å². The van der Waals surface area contributed by atoms with E-state index in [0.29, 0.717) is 62.4 Å². The van der Waals surface area contributed by atoms with Crippen molar-refractivity contribution in [3.63, 3.8) is 0 Å². The standard InChI is InChI=1S/C34H37FO6/c1-3-23-38-29-17-13-26(14-18-29)15-22-34(37)41-30-11-7-9-27(16-19-30)31-21-20-28(10-5-6-12-32(31)35)39-24-8-25-40-33(36)4-2/h4,7,10-11,13-22H,2-3,5-6,8-9,12,23-25H2,1H3/b21-20-,22-15+,28-10+,32-31+. The van der Waals surface area contributed by atoms with Gasteiger partial charge in [-0.05, 0) is 85.4 Å². The third-order valence-corrected chi connectivity index (χ3v) is 6.02. The van der Waals surface area contributed by atoms with Gasteiger partial charge in [-0.25, -0.2) is 14.0 Å². The molecule has 1 aromatic rings. The van der Waals surface area contributed by atoms with Crippen LogP contribution in [0, 0.1) is 0 Å². The quantitative estimate of drug-likeness (QED) is 0.139. The molecule has 1 aromatic carbocycles. The van der Waals surface area contributed by atoms with E-state index in [4.69, 9.17) is 18.9 Å². The van der Waals surface area contributed by atoms with E-state index in [9.17, 15) is 9.59 Å². The highest BCUT2D eigenvalue weighted by molar-refractivity contribution is 5.88. The smallest absolute Gasteiger partial charge is 0.336 e. The van der Waals surface area contributed by atoms with Crippen molar-refractivity contribution >= 4 is 18.0 Å². The number of hydrogen-bond acceptors (Lipinski definition) is 6. The number of rotatable bonds is 13. The molecule has 0 bridgehead atoms. The molecular weight excluding hydrogens is 523 g/mol. The largest absolute Gasteiger partial charge is 0.494 e. The first-order valence-electron chi connectivity index (χ1n) is 13.9. The Morgan fingerprint density at radius 1 is 0.976 bits per heavy atom. The summed E-state index contributed by atoms with van der Waals surface area (Å²) in [6.07, 6.45) is 20.1. The van der Waals surface area contributed by atoms with Gasteiger partial charge in [0.15, 0.2) is 0 Å². The zero-order valence-electron chi connectivity index (χ0n) is 23.5. The number of carbonyl (C=O) groups excluding carboxylic acids is 2. The third kappa shape index (κ3) is 11.3. The molecule has 0 fully saturated rings. The summed E-state index contributed by atoms with van der Waals surface area (Å²) in [7, 11) is 0. The fraction of sp³-hybridized carbons (Fsp3) is 0.294. The maximum atomic E-state index is 15.1. The summed E-state index contributed by atoms with van der Waals surface area (Å²) >= 11 is 0. The number of halogens is 1. The molecule has 0 aromatic heterocycles. The van der Waals surface area contributed by atoms with Crippen molar-refractivity contribution in [3.05, 3.63) is 120 Å². The van der Waals surface area contributed by atoms with E-state index < -0.39 is 11.9 Å². The van der Waals surface area contributed by atoms with Crippen LogP contribution in [0.25, 0.3) is 6.08 Å². The Kier molecular flexibility index (Phi) is 13.2. The van der Waals surface area contributed by atoms with E-state index in [2.05, 4.69) is 6.58 Å². The summed E-state index contributed by atoms with van der Waals surface area (Å²) in [6.45, 7) is 6.66. The van der Waals surface area contributed by atoms with Crippen molar-refractivity contribution in [2.45, 2.75) is 45.4 Å². The lowest BCUT2D eigenvalue weighted by atomic mass is 9.99. The number of esters is 2. The lowest BCUT2D eigenvalue weighted by Crippen LogP contribution is -2.05. The van der Waals surface area contributed by atoms with E-state index in [-0.39, 0.29) is 12.4 Å². The summed E-state index contributed by atoms with van der Waals surface area (Å²) in [5, 5.41) is 0. The predicted molar refractivity (Wildman–Crippen MR) is 158 cm³/mol. The van der Waals surface area contributed by atoms with Crippen LogP contribution < -0.4 is 4.74 Å².